The highest BCUT2D eigenvalue weighted by Crippen LogP contribution is 2.56. The first-order valence-electron chi connectivity index (χ1n) is 11.7. The lowest BCUT2D eigenvalue weighted by Crippen LogP contribution is -2.56. The molecule has 1 aromatic carbocycles. The van der Waals surface area contributed by atoms with Crippen molar-refractivity contribution in [2.45, 2.75) is 76.9 Å². The summed E-state index contributed by atoms with van der Waals surface area (Å²) in [5, 5.41) is 0. The van der Waals surface area contributed by atoms with Crippen molar-refractivity contribution in [1.29, 1.82) is 0 Å². The lowest BCUT2D eigenvalue weighted by Gasteiger charge is -2.52. The van der Waals surface area contributed by atoms with E-state index in [4.69, 9.17) is 5.73 Å². The summed E-state index contributed by atoms with van der Waals surface area (Å²) in [6.07, 6.45) is 19.2. The van der Waals surface area contributed by atoms with Crippen molar-refractivity contribution < 1.29 is 0 Å². The third kappa shape index (κ3) is 2.86. The van der Waals surface area contributed by atoms with Crippen molar-refractivity contribution in [3.8, 4) is 0 Å². The van der Waals surface area contributed by atoms with Crippen molar-refractivity contribution in [2.24, 2.45) is 23.0 Å². The molecule has 5 unspecified atom stereocenters. The standard InChI is InChI=1S/C27H36N2/c1-19-10-8-9-16-27(19,3)29-24-14-7-4-11-20(24)21-18-26(2,17-15-25(21)29)22-12-5-6-13-23(22)28/h4-7,11-14,18-19,22-23,25H,8-10,15-17,28H2,1-3H3/t19?,22?,23?,25?,26-,27?/m0/s1. The van der Waals surface area contributed by atoms with Crippen molar-refractivity contribution in [1.82, 2.24) is 0 Å². The Kier molecular flexibility index (Phi) is 4.55. The number of hydrogen-bond donors (Lipinski definition) is 1. The summed E-state index contributed by atoms with van der Waals surface area (Å²) >= 11 is 0. The summed E-state index contributed by atoms with van der Waals surface area (Å²) in [5.74, 6) is 1.11. The van der Waals surface area contributed by atoms with Crippen LogP contribution in [0, 0.1) is 17.3 Å². The largest absolute Gasteiger partial charge is 0.358 e. The van der Waals surface area contributed by atoms with E-state index in [1.807, 2.05) is 0 Å². The summed E-state index contributed by atoms with van der Waals surface area (Å²) in [4.78, 5) is 2.84. The van der Waals surface area contributed by atoms with Crippen LogP contribution in [0.3, 0.4) is 0 Å². The Bertz CT molecular complexity index is 880. The monoisotopic (exact) mass is 388 g/mol. The Morgan fingerprint density at radius 3 is 2.59 bits per heavy atom. The first-order valence-corrected chi connectivity index (χ1v) is 11.7. The molecule has 4 aliphatic rings. The highest BCUT2D eigenvalue weighted by Gasteiger charge is 2.50. The average molecular weight is 389 g/mol. The van der Waals surface area contributed by atoms with Crippen molar-refractivity contribution >= 4 is 11.3 Å². The molecule has 29 heavy (non-hydrogen) atoms. The molecule has 0 amide bonds. The number of benzene rings is 1. The van der Waals surface area contributed by atoms with Gasteiger partial charge in [-0.05, 0) is 55.6 Å². The van der Waals surface area contributed by atoms with Crippen LogP contribution in [0.25, 0.3) is 5.57 Å². The van der Waals surface area contributed by atoms with Gasteiger partial charge >= 0.3 is 0 Å². The third-order valence-corrected chi connectivity index (χ3v) is 8.71. The molecule has 1 aliphatic heterocycles. The number of nitrogens with zero attached hydrogens (tertiary/aromatic N) is 1. The molecule has 0 aromatic heterocycles. The fourth-order valence-corrected chi connectivity index (χ4v) is 6.77. The van der Waals surface area contributed by atoms with Gasteiger partial charge in [0, 0.05) is 28.7 Å². The molecule has 6 atom stereocenters. The lowest BCUT2D eigenvalue weighted by molar-refractivity contribution is 0.191. The molecule has 2 nitrogen and oxygen atoms in total. The van der Waals surface area contributed by atoms with E-state index in [1.54, 1.807) is 5.57 Å². The van der Waals surface area contributed by atoms with Gasteiger partial charge in [0.05, 0.1) is 6.04 Å². The van der Waals surface area contributed by atoms with E-state index in [0.717, 1.165) is 5.92 Å². The summed E-state index contributed by atoms with van der Waals surface area (Å²) in [6.45, 7) is 7.45. The van der Waals surface area contributed by atoms with Crippen molar-refractivity contribution in [3.05, 3.63) is 60.2 Å². The van der Waals surface area contributed by atoms with Crippen LogP contribution in [-0.4, -0.2) is 17.6 Å². The summed E-state index contributed by atoms with van der Waals surface area (Å²) in [6, 6.07) is 9.80. The predicted molar refractivity (Wildman–Crippen MR) is 124 cm³/mol. The minimum Gasteiger partial charge on any atom is -0.358 e. The Morgan fingerprint density at radius 1 is 1.00 bits per heavy atom. The van der Waals surface area contributed by atoms with E-state index in [2.05, 4.69) is 80.3 Å². The van der Waals surface area contributed by atoms with Crippen molar-refractivity contribution in [3.63, 3.8) is 0 Å². The molecule has 2 N–H and O–H groups in total. The molecule has 0 radical (unpaired) electrons. The number of allylic oxidation sites excluding steroid dienone is 3. The number of nitrogens with two attached hydrogens (primary N) is 1. The molecule has 1 saturated carbocycles. The van der Waals surface area contributed by atoms with Crippen LogP contribution in [0.4, 0.5) is 5.69 Å². The third-order valence-electron chi connectivity index (χ3n) is 8.71. The van der Waals surface area contributed by atoms with Gasteiger partial charge in [0.15, 0.2) is 0 Å². The zero-order valence-electron chi connectivity index (χ0n) is 18.3. The topological polar surface area (TPSA) is 29.3 Å². The summed E-state index contributed by atoms with van der Waals surface area (Å²) in [7, 11) is 0. The molecular formula is C27H36N2. The van der Waals surface area contributed by atoms with E-state index in [-0.39, 0.29) is 17.0 Å². The molecule has 1 fully saturated rings. The highest BCUT2D eigenvalue weighted by atomic mass is 15.3. The molecule has 0 spiro atoms. The average Bonchev–Trinajstić information content (AvgIpc) is 3.05. The second kappa shape index (κ2) is 6.87. The van der Waals surface area contributed by atoms with E-state index in [1.165, 1.54) is 49.8 Å². The number of hydrogen-bond acceptors (Lipinski definition) is 2. The number of fused-ring (bicyclic) bond motifs is 3. The Morgan fingerprint density at radius 2 is 1.79 bits per heavy atom. The van der Waals surface area contributed by atoms with Crippen LogP contribution in [0.5, 0.6) is 0 Å². The maximum atomic E-state index is 6.53. The number of rotatable bonds is 2. The van der Waals surface area contributed by atoms with Crippen LogP contribution in [0.15, 0.2) is 54.6 Å². The van der Waals surface area contributed by atoms with E-state index >= 15 is 0 Å². The summed E-state index contributed by atoms with van der Waals surface area (Å²) in [5.41, 5.74) is 11.4. The van der Waals surface area contributed by atoms with E-state index in [9.17, 15) is 0 Å². The van der Waals surface area contributed by atoms with Crippen molar-refractivity contribution in [2.75, 3.05) is 4.90 Å². The molecule has 154 valence electrons. The van der Waals surface area contributed by atoms with Crippen LogP contribution in [-0.2, 0) is 0 Å². The molecule has 0 bridgehead atoms. The Balaban J connectivity index is 1.59. The minimum atomic E-state index is 0.113. The van der Waals surface area contributed by atoms with Crippen LogP contribution in [0.2, 0.25) is 0 Å². The zero-order valence-corrected chi connectivity index (χ0v) is 18.3. The van der Waals surface area contributed by atoms with Gasteiger partial charge in [-0.15, -0.1) is 0 Å². The highest BCUT2D eigenvalue weighted by molar-refractivity contribution is 5.89. The maximum absolute atomic E-state index is 6.53. The van der Waals surface area contributed by atoms with Gasteiger partial charge < -0.3 is 10.6 Å². The first-order chi connectivity index (χ1) is 13.9. The maximum Gasteiger partial charge on any atom is 0.0552 e. The van der Waals surface area contributed by atoms with E-state index in [0.29, 0.717) is 12.0 Å². The van der Waals surface area contributed by atoms with Crippen LogP contribution in [0.1, 0.15) is 64.9 Å². The molecule has 3 aliphatic carbocycles. The van der Waals surface area contributed by atoms with Gasteiger partial charge in [-0.2, -0.15) is 0 Å². The molecular weight excluding hydrogens is 352 g/mol. The molecule has 0 saturated heterocycles. The summed E-state index contributed by atoms with van der Waals surface area (Å²) < 4.78 is 0. The SMILES string of the molecule is CC1CCCCC1(C)N1c2ccccc2C2=C[C@@](C)(C3C=CC=CC3N)CCC21. The molecule has 1 aromatic rings. The Hall–Kier alpha value is -1.80. The second-order valence-corrected chi connectivity index (χ2v) is 10.4. The van der Waals surface area contributed by atoms with Gasteiger partial charge in [0.2, 0.25) is 0 Å². The number of anilines is 1. The lowest BCUT2D eigenvalue weighted by atomic mass is 9.64. The first kappa shape index (κ1) is 19.2. The molecule has 1 heterocycles. The molecule has 2 heteroatoms. The second-order valence-electron chi connectivity index (χ2n) is 10.4. The zero-order chi connectivity index (χ0) is 20.2. The van der Waals surface area contributed by atoms with Crippen LogP contribution >= 0.6 is 0 Å². The molecule has 5 rings (SSSR count). The fraction of sp³-hybridized carbons (Fsp3) is 0.556. The number of para-hydroxylation sites is 1. The smallest absolute Gasteiger partial charge is 0.0552 e. The van der Waals surface area contributed by atoms with Gasteiger partial charge in [-0.25, -0.2) is 0 Å². The quantitative estimate of drug-likeness (QED) is 0.663. The van der Waals surface area contributed by atoms with Gasteiger partial charge in [-0.3, -0.25) is 0 Å². The minimum absolute atomic E-state index is 0.113. The van der Waals surface area contributed by atoms with Gasteiger partial charge in [0.1, 0.15) is 0 Å². The predicted octanol–water partition coefficient (Wildman–Crippen LogP) is 6.10. The van der Waals surface area contributed by atoms with E-state index < -0.39 is 0 Å². The van der Waals surface area contributed by atoms with Crippen LogP contribution < -0.4 is 10.6 Å². The van der Waals surface area contributed by atoms with Gasteiger partial charge in [0.25, 0.3) is 0 Å². The van der Waals surface area contributed by atoms with Gasteiger partial charge in [-0.1, -0.05) is 75.3 Å². The normalized spacial score (nSPS) is 41.1. The fourth-order valence-electron chi connectivity index (χ4n) is 6.77. The Labute approximate surface area is 176 Å².